The van der Waals surface area contributed by atoms with Crippen molar-refractivity contribution in [1.29, 1.82) is 5.26 Å². The van der Waals surface area contributed by atoms with Crippen LogP contribution >= 0.6 is 23.2 Å². The van der Waals surface area contributed by atoms with Crippen molar-refractivity contribution in [2.75, 3.05) is 0 Å². The number of rotatable bonds is 3. The first-order chi connectivity index (χ1) is 10.4. The molecule has 2 fully saturated rings. The predicted octanol–water partition coefficient (Wildman–Crippen LogP) is 3.26. The molecular weight excluding hydrogens is 327 g/mol. The van der Waals surface area contributed by atoms with E-state index in [1.54, 1.807) is 6.08 Å². The van der Waals surface area contributed by atoms with Crippen LogP contribution in [-0.4, -0.2) is 32.9 Å². The van der Waals surface area contributed by atoms with Gasteiger partial charge in [-0.15, -0.1) is 23.2 Å². The molecule has 0 aromatic carbocycles. The van der Waals surface area contributed by atoms with E-state index < -0.39 is 17.5 Å². The molecule has 1 N–H and O–H groups in total. The van der Waals surface area contributed by atoms with Crippen LogP contribution in [0, 0.1) is 33.3 Å². The fraction of sp³-hybridized carbons (Fsp3) is 0.800. The Morgan fingerprint density at radius 3 is 2.45 bits per heavy atom. The summed E-state index contributed by atoms with van der Waals surface area (Å²) in [4.78, 5) is 10.6. The summed E-state index contributed by atoms with van der Waals surface area (Å²) in [6, 6.07) is 1.72. The van der Waals surface area contributed by atoms with Crippen molar-refractivity contribution in [3.63, 3.8) is 0 Å². The molecule has 122 valence electrons. The van der Waals surface area contributed by atoms with Crippen molar-refractivity contribution in [3.8, 4) is 6.07 Å². The Morgan fingerprint density at radius 2 is 1.91 bits per heavy atom. The van der Waals surface area contributed by atoms with Crippen molar-refractivity contribution in [2.45, 2.75) is 61.4 Å². The van der Waals surface area contributed by atoms with Crippen molar-refractivity contribution in [1.82, 2.24) is 0 Å². The molecule has 0 spiro atoms. The largest absolute Gasteiger partial charge is 0.391 e. The number of nitro groups is 1. The van der Waals surface area contributed by atoms with Crippen LogP contribution in [-0.2, 0) is 0 Å². The fourth-order valence-corrected chi connectivity index (χ4v) is 4.33. The molecule has 2 aliphatic carbocycles. The summed E-state index contributed by atoms with van der Waals surface area (Å²) in [5.41, 5.74) is 0.612. The third-order valence-corrected chi connectivity index (χ3v) is 5.57. The molecule has 4 atom stereocenters. The van der Waals surface area contributed by atoms with Gasteiger partial charge in [-0.1, -0.05) is 6.08 Å². The number of hydrogen-bond acceptors (Lipinski definition) is 4. The molecule has 0 aromatic heterocycles. The van der Waals surface area contributed by atoms with Gasteiger partial charge in [-0.3, -0.25) is 10.1 Å². The highest BCUT2D eigenvalue weighted by molar-refractivity contribution is 6.24. The lowest BCUT2D eigenvalue weighted by atomic mass is 9.78. The molecule has 0 amide bonds. The molecule has 2 rings (SSSR count). The van der Waals surface area contributed by atoms with E-state index in [4.69, 9.17) is 23.2 Å². The standard InChI is InChI=1S/C15H20Cl2N2O3/c16-12-6-10(15(20)14(17)7-12)5-11(8-18)9-1-3-13(4-2-9)19(21)22/h5,9-10,12-15,20H,1-4,6-7H2. The summed E-state index contributed by atoms with van der Waals surface area (Å²) in [7, 11) is 0. The summed E-state index contributed by atoms with van der Waals surface area (Å²) in [5, 5.41) is 29.9. The number of nitrogens with zero attached hydrogens (tertiary/aromatic N) is 2. The highest BCUT2D eigenvalue weighted by atomic mass is 35.5. The summed E-state index contributed by atoms with van der Waals surface area (Å²) < 4.78 is 0. The number of aliphatic hydroxyl groups is 1. The maximum Gasteiger partial charge on any atom is 0.213 e. The van der Waals surface area contributed by atoms with Crippen molar-refractivity contribution in [2.24, 2.45) is 11.8 Å². The molecule has 0 heterocycles. The Hall–Kier alpha value is -0.830. The third kappa shape index (κ3) is 4.13. The van der Waals surface area contributed by atoms with E-state index in [-0.39, 0.29) is 22.1 Å². The van der Waals surface area contributed by atoms with Crippen LogP contribution in [0.2, 0.25) is 0 Å². The minimum absolute atomic E-state index is 0.0397. The van der Waals surface area contributed by atoms with E-state index in [1.165, 1.54) is 0 Å². The molecule has 0 aliphatic heterocycles. The fourth-order valence-electron chi connectivity index (χ4n) is 3.44. The topological polar surface area (TPSA) is 87.2 Å². The molecular formula is C15H20Cl2N2O3. The maximum atomic E-state index is 10.8. The van der Waals surface area contributed by atoms with E-state index in [0.717, 1.165) is 0 Å². The average Bonchev–Trinajstić information content (AvgIpc) is 2.49. The molecule has 5 nitrogen and oxygen atoms in total. The number of nitriles is 1. The first-order valence-corrected chi connectivity index (χ1v) is 8.51. The predicted molar refractivity (Wildman–Crippen MR) is 84.4 cm³/mol. The minimum atomic E-state index is -0.699. The van der Waals surface area contributed by atoms with Crippen LogP contribution in [0.4, 0.5) is 0 Å². The van der Waals surface area contributed by atoms with Gasteiger partial charge in [0.2, 0.25) is 6.04 Å². The van der Waals surface area contributed by atoms with Crippen LogP contribution in [0.15, 0.2) is 11.6 Å². The lowest BCUT2D eigenvalue weighted by Crippen LogP contribution is -2.38. The van der Waals surface area contributed by atoms with E-state index in [9.17, 15) is 20.5 Å². The number of halogens is 2. The highest BCUT2D eigenvalue weighted by Gasteiger charge is 2.35. The van der Waals surface area contributed by atoms with Gasteiger partial charge in [0.25, 0.3) is 0 Å². The Morgan fingerprint density at radius 1 is 1.27 bits per heavy atom. The van der Waals surface area contributed by atoms with Gasteiger partial charge in [-0.05, 0) is 31.6 Å². The first-order valence-electron chi connectivity index (χ1n) is 7.63. The second-order valence-corrected chi connectivity index (χ2v) is 7.44. The van der Waals surface area contributed by atoms with Crippen molar-refractivity contribution < 1.29 is 10.0 Å². The summed E-state index contributed by atoms with van der Waals surface area (Å²) in [6.07, 6.45) is 4.54. The van der Waals surface area contributed by atoms with E-state index in [0.29, 0.717) is 44.1 Å². The van der Waals surface area contributed by atoms with E-state index in [1.807, 2.05) is 0 Å². The Bertz CT molecular complexity index is 484. The molecule has 2 aliphatic rings. The van der Waals surface area contributed by atoms with Crippen molar-refractivity contribution in [3.05, 3.63) is 21.8 Å². The van der Waals surface area contributed by atoms with E-state index >= 15 is 0 Å². The normalized spacial score (nSPS) is 40.0. The lowest BCUT2D eigenvalue weighted by Gasteiger charge is -2.33. The zero-order valence-electron chi connectivity index (χ0n) is 12.2. The second-order valence-electron chi connectivity index (χ2n) is 6.26. The molecule has 22 heavy (non-hydrogen) atoms. The van der Waals surface area contributed by atoms with Gasteiger partial charge in [0.1, 0.15) is 0 Å². The number of hydrogen-bond donors (Lipinski definition) is 1. The third-order valence-electron chi connectivity index (χ3n) is 4.78. The zero-order valence-corrected chi connectivity index (χ0v) is 13.7. The van der Waals surface area contributed by atoms with Gasteiger partial charge >= 0.3 is 0 Å². The Kier molecular flexibility index (Phi) is 6.08. The van der Waals surface area contributed by atoms with Crippen LogP contribution in [0.5, 0.6) is 0 Å². The van der Waals surface area contributed by atoms with Gasteiger partial charge in [0.15, 0.2) is 0 Å². The summed E-state index contributed by atoms with van der Waals surface area (Å²) in [5.74, 6) is -0.181. The molecule has 2 saturated carbocycles. The average molecular weight is 347 g/mol. The minimum Gasteiger partial charge on any atom is -0.391 e. The summed E-state index contributed by atoms with van der Waals surface area (Å²) >= 11 is 12.3. The van der Waals surface area contributed by atoms with Gasteiger partial charge < -0.3 is 5.11 Å². The van der Waals surface area contributed by atoms with Gasteiger partial charge in [0, 0.05) is 34.6 Å². The smallest absolute Gasteiger partial charge is 0.213 e. The molecule has 0 aromatic rings. The Labute approximate surface area is 140 Å². The number of alkyl halides is 2. The van der Waals surface area contributed by atoms with E-state index in [2.05, 4.69) is 6.07 Å². The monoisotopic (exact) mass is 346 g/mol. The molecule has 0 bridgehead atoms. The molecule has 4 unspecified atom stereocenters. The highest BCUT2D eigenvalue weighted by Crippen LogP contribution is 2.36. The number of aliphatic hydroxyl groups excluding tert-OH is 1. The van der Waals surface area contributed by atoms with Gasteiger partial charge in [0.05, 0.1) is 17.6 Å². The molecule has 0 saturated heterocycles. The van der Waals surface area contributed by atoms with Crippen LogP contribution < -0.4 is 0 Å². The lowest BCUT2D eigenvalue weighted by molar-refractivity contribution is -0.526. The Balaban J connectivity index is 2.05. The van der Waals surface area contributed by atoms with Gasteiger partial charge in [-0.25, -0.2) is 0 Å². The SMILES string of the molecule is N#CC(=CC1CC(Cl)CC(Cl)C1O)C1CCC([N+](=O)[O-])CC1. The summed E-state index contributed by atoms with van der Waals surface area (Å²) in [6.45, 7) is 0. The van der Waals surface area contributed by atoms with Crippen LogP contribution in [0.1, 0.15) is 38.5 Å². The van der Waals surface area contributed by atoms with Crippen LogP contribution in [0.3, 0.4) is 0 Å². The quantitative estimate of drug-likeness (QED) is 0.367. The van der Waals surface area contributed by atoms with Crippen molar-refractivity contribution >= 4 is 23.2 Å². The first kappa shape index (κ1) is 17.5. The van der Waals surface area contributed by atoms with Gasteiger partial charge in [-0.2, -0.15) is 5.26 Å². The zero-order chi connectivity index (χ0) is 16.3. The molecule has 0 radical (unpaired) electrons. The molecule has 7 heteroatoms. The van der Waals surface area contributed by atoms with Crippen LogP contribution in [0.25, 0.3) is 0 Å². The second kappa shape index (κ2) is 7.63. The maximum absolute atomic E-state index is 10.8. The number of allylic oxidation sites excluding steroid dienone is 1.